The number of thioether (sulfide) groups is 1. The van der Waals surface area contributed by atoms with Gasteiger partial charge >= 0.3 is 0 Å². The van der Waals surface area contributed by atoms with Crippen molar-refractivity contribution in [2.75, 3.05) is 18.0 Å². The van der Waals surface area contributed by atoms with Crippen molar-refractivity contribution in [3.8, 4) is 11.8 Å². The lowest BCUT2D eigenvalue weighted by Crippen LogP contribution is -2.30. The van der Waals surface area contributed by atoms with E-state index in [1.807, 2.05) is 30.5 Å². The summed E-state index contributed by atoms with van der Waals surface area (Å²) in [6, 6.07) is 7.74. The molecule has 1 aromatic rings. The first kappa shape index (κ1) is 13.7. The quantitative estimate of drug-likeness (QED) is 0.520. The Morgan fingerprint density at radius 1 is 1.31 bits per heavy atom. The van der Waals surface area contributed by atoms with Gasteiger partial charge < -0.3 is 5.11 Å². The van der Waals surface area contributed by atoms with Crippen LogP contribution in [-0.2, 0) is 0 Å². The zero-order chi connectivity index (χ0) is 12.0. The van der Waals surface area contributed by atoms with E-state index in [-0.39, 0.29) is 11.8 Å². The highest BCUT2D eigenvalue weighted by Crippen LogP contribution is 2.19. The van der Waals surface area contributed by atoms with Crippen molar-refractivity contribution in [2.24, 2.45) is 0 Å². The van der Waals surface area contributed by atoms with E-state index in [9.17, 15) is 5.11 Å². The Hall–Kier alpha value is -0.330. The van der Waals surface area contributed by atoms with E-state index >= 15 is 0 Å². The van der Waals surface area contributed by atoms with Crippen molar-refractivity contribution in [2.45, 2.75) is 10.5 Å². The van der Waals surface area contributed by atoms with Gasteiger partial charge in [-0.05, 0) is 18.4 Å². The molecule has 0 bridgehead atoms. The smallest absolute Gasteiger partial charge is 0.152 e. The van der Waals surface area contributed by atoms with Crippen LogP contribution in [0.5, 0.6) is 0 Å². The van der Waals surface area contributed by atoms with Crippen LogP contribution in [0.4, 0.5) is 0 Å². The molecule has 0 aromatic heterocycles. The molecule has 1 rings (SSSR count). The number of aliphatic hydroxyl groups is 1. The van der Waals surface area contributed by atoms with E-state index in [4.69, 9.17) is 23.2 Å². The van der Waals surface area contributed by atoms with E-state index in [0.29, 0.717) is 0 Å². The van der Waals surface area contributed by atoms with Crippen LogP contribution in [0.1, 0.15) is 5.56 Å². The molecule has 0 aliphatic carbocycles. The van der Waals surface area contributed by atoms with Gasteiger partial charge in [-0.25, -0.2) is 0 Å². The number of hydrogen-bond donors (Lipinski definition) is 1. The second-order valence-corrected chi connectivity index (χ2v) is 4.63. The summed E-state index contributed by atoms with van der Waals surface area (Å²) in [7, 11) is 0. The number of alkyl halides is 2. The molecule has 0 aliphatic heterocycles. The molecule has 86 valence electrons. The summed E-state index contributed by atoms with van der Waals surface area (Å²) < 4.78 is 0. The molecule has 0 atom stereocenters. The maximum absolute atomic E-state index is 9.81. The van der Waals surface area contributed by atoms with Gasteiger partial charge in [0, 0.05) is 10.5 Å². The molecular formula is C12H12Cl2OS. The minimum absolute atomic E-state index is 0.00490. The van der Waals surface area contributed by atoms with Crippen molar-refractivity contribution in [3.63, 3.8) is 0 Å². The third-order valence-corrected chi connectivity index (χ3v) is 3.66. The Labute approximate surface area is 110 Å². The topological polar surface area (TPSA) is 20.2 Å². The van der Waals surface area contributed by atoms with Gasteiger partial charge in [0.05, 0.1) is 11.8 Å². The molecule has 1 nitrogen and oxygen atoms in total. The van der Waals surface area contributed by atoms with E-state index < -0.39 is 5.60 Å². The van der Waals surface area contributed by atoms with Crippen LogP contribution >= 0.6 is 35.0 Å². The molecule has 16 heavy (non-hydrogen) atoms. The Kier molecular flexibility index (Phi) is 5.51. The van der Waals surface area contributed by atoms with Crippen LogP contribution in [0.3, 0.4) is 0 Å². The lowest BCUT2D eigenvalue weighted by Gasteiger charge is -2.14. The summed E-state index contributed by atoms with van der Waals surface area (Å²) >= 11 is 12.8. The van der Waals surface area contributed by atoms with Crippen molar-refractivity contribution >= 4 is 35.0 Å². The number of hydrogen-bond acceptors (Lipinski definition) is 2. The molecule has 0 saturated heterocycles. The third kappa shape index (κ3) is 3.61. The van der Waals surface area contributed by atoms with Crippen molar-refractivity contribution in [3.05, 3.63) is 29.8 Å². The van der Waals surface area contributed by atoms with Crippen LogP contribution in [0, 0.1) is 11.8 Å². The van der Waals surface area contributed by atoms with Crippen LogP contribution < -0.4 is 0 Å². The zero-order valence-corrected chi connectivity index (χ0v) is 11.2. The highest BCUT2D eigenvalue weighted by Gasteiger charge is 2.21. The third-order valence-electron chi connectivity index (χ3n) is 1.98. The summed E-state index contributed by atoms with van der Waals surface area (Å²) in [6.07, 6.45) is 1.98. The standard InChI is InChI=1S/C12H12Cl2OS/c1-16-11-5-3-2-4-10(11)6-7-12(15,8-13)9-14/h2-5,15H,8-9H2,1H3. The lowest BCUT2D eigenvalue weighted by atomic mass is 10.1. The first-order valence-electron chi connectivity index (χ1n) is 4.65. The van der Waals surface area contributed by atoms with Crippen molar-refractivity contribution in [1.29, 1.82) is 0 Å². The van der Waals surface area contributed by atoms with E-state index in [2.05, 4.69) is 11.8 Å². The van der Waals surface area contributed by atoms with Gasteiger partial charge in [-0.2, -0.15) is 0 Å². The Morgan fingerprint density at radius 3 is 2.50 bits per heavy atom. The predicted octanol–water partition coefficient (Wildman–Crippen LogP) is 2.97. The van der Waals surface area contributed by atoms with Gasteiger partial charge in [0.25, 0.3) is 0 Å². The molecule has 1 aromatic carbocycles. The molecule has 0 amide bonds. The van der Waals surface area contributed by atoms with E-state index in [1.165, 1.54) is 0 Å². The molecule has 4 heteroatoms. The van der Waals surface area contributed by atoms with Crippen molar-refractivity contribution in [1.82, 2.24) is 0 Å². The summed E-state index contributed by atoms with van der Waals surface area (Å²) in [5, 5.41) is 9.81. The van der Waals surface area contributed by atoms with Gasteiger partial charge in [0.2, 0.25) is 0 Å². The normalized spacial score (nSPS) is 10.8. The molecule has 0 aliphatic rings. The predicted molar refractivity (Wildman–Crippen MR) is 71.5 cm³/mol. The van der Waals surface area contributed by atoms with Crippen molar-refractivity contribution < 1.29 is 5.11 Å². The second-order valence-electron chi connectivity index (χ2n) is 3.25. The number of halogens is 2. The average molecular weight is 275 g/mol. The number of rotatable bonds is 3. The Balaban J connectivity index is 3.00. The second kappa shape index (κ2) is 6.42. The monoisotopic (exact) mass is 274 g/mol. The molecule has 1 N–H and O–H groups in total. The fourth-order valence-corrected chi connectivity index (χ4v) is 2.01. The lowest BCUT2D eigenvalue weighted by molar-refractivity contribution is 0.151. The summed E-state index contributed by atoms with van der Waals surface area (Å²) in [5.74, 6) is 5.64. The summed E-state index contributed by atoms with van der Waals surface area (Å²) in [4.78, 5) is 1.07. The number of benzene rings is 1. The SMILES string of the molecule is CSc1ccccc1C#CC(O)(CCl)CCl. The minimum atomic E-state index is -1.31. The first-order chi connectivity index (χ1) is 7.65. The van der Waals surface area contributed by atoms with Gasteiger partial charge in [0.15, 0.2) is 5.60 Å². The average Bonchev–Trinajstić information content (AvgIpc) is 2.36. The molecule has 0 spiro atoms. The van der Waals surface area contributed by atoms with Crippen LogP contribution in [0.15, 0.2) is 29.2 Å². The largest absolute Gasteiger partial charge is 0.375 e. The molecular weight excluding hydrogens is 263 g/mol. The fourth-order valence-electron chi connectivity index (χ4n) is 1.03. The summed E-state index contributed by atoms with van der Waals surface area (Å²) in [5.41, 5.74) is -0.432. The highest BCUT2D eigenvalue weighted by molar-refractivity contribution is 7.98. The molecule has 0 fully saturated rings. The highest BCUT2D eigenvalue weighted by atomic mass is 35.5. The molecule has 0 unspecified atom stereocenters. The van der Waals surface area contributed by atoms with E-state index in [1.54, 1.807) is 11.8 Å². The van der Waals surface area contributed by atoms with Crippen LogP contribution in [-0.4, -0.2) is 28.7 Å². The Morgan fingerprint density at radius 2 is 1.94 bits per heavy atom. The Bertz CT molecular complexity index is 405. The van der Waals surface area contributed by atoms with Gasteiger partial charge in [-0.15, -0.1) is 35.0 Å². The first-order valence-corrected chi connectivity index (χ1v) is 6.95. The van der Waals surface area contributed by atoms with Crippen LogP contribution in [0.2, 0.25) is 0 Å². The van der Waals surface area contributed by atoms with Gasteiger partial charge in [-0.3, -0.25) is 0 Å². The van der Waals surface area contributed by atoms with Crippen LogP contribution in [0.25, 0.3) is 0 Å². The van der Waals surface area contributed by atoms with Gasteiger partial charge in [0.1, 0.15) is 0 Å². The zero-order valence-electron chi connectivity index (χ0n) is 8.84. The molecule has 0 saturated carbocycles. The molecule has 0 heterocycles. The van der Waals surface area contributed by atoms with E-state index in [0.717, 1.165) is 10.5 Å². The maximum Gasteiger partial charge on any atom is 0.152 e. The maximum atomic E-state index is 9.81. The molecule has 0 radical (unpaired) electrons. The fraction of sp³-hybridized carbons (Fsp3) is 0.333. The van der Waals surface area contributed by atoms with Gasteiger partial charge in [-0.1, -0.05) is 24.0 Å². The summed E-state index contributed by atoms with van der Waals surface area (Å²) in [6.45, 7) is 0. The minimum Gasteiger partial charge on any atom is -0.375 e.